The van der Waals surface area contributed by atoms with Crippen LogP contribution in [0.4, 0.5) is 0 Å². The molecule has 0 unspecified atom stereocenters. The van der Waals surface area contributed by atoms with Crippen molar-refractivity contribution in [3.05, 3.63) is 35.4 Å². The molecule has 1 rings (SSSR count). The van der Waals surface area contributed by atoms with E-state index in [1.807, 2.05) is 18.4 Å². The summed E-state index contributed by atoms with van der Waals surface area (Å²) in [5.74, 6) is -1.20. The minimum atomic E-state index is -1.20. The molecule has 76 valence electrons. The Balaban J connectivity index is 2.98. The summed E-state index contributed by atoms with van der Waals surface area (Å²) in [5.41, 5.74) is 0.457. The van der Waals surface area contributed by atoms with E-state index in [0.29, 0.717) is 5.56 Å². The minimum absolute atomic E-state index is 0.257. The van der Waals surface area contributed by atoms with Crippen molar-refractivity contribution in [1.29, 1.82) is 5.26 Å². The number of nitrogens with zero attached hydrogens (tertiary/aromatic N) is 1. The van der Waals surface area contributed by atoms with E-state index in [2.05, 4.69) is 0 Å². The van der Waals surface area contributed by atoms with Gasteiger partial charge in [-0.3, -0.25) is 0 Å². The molecule has 1 N–H and O–H groups in total. The molecule has 0 aromatic heterocycles. The van der Waals surface area contributed by atoms with E-state index in [0.717, 1.165) is 4.90 Å². The number of hydrogen-bond donors (Lipinski definition) is 1. The van der Waals surface area contributed by atoms with Crippen LogP contribution in [0.5, 0.6) is 0 Å². The predicted octanol–water partition coefficient (Wildman–Crippen LogP) is 2.40. The Labute approximate surface area is 92.0 Å². The van der Waals surface area contributed by atoms with Crippen LogP contribution in [-0.2, 0) is 4.79 Å². The first-order valence-corrected chi connectivity index (χ1v) is 5.39. The van der Waals surface area contributed by atoms with Gasteiger partial charge in [-0.2, -0.15) is 5.26 Å². The molecule has 0 saturated carbocycles. The summed E-state index contributed by atoms with van der Waals surface area (Å²) in [4.78, 5) is 11.7. The molecule has 15 heavy (non-hydrogen) atoms. The smallest absolute Gasteiger partial charge is 0.346 e. The molecule has 0 aliphatic carbocycles. The summed E-state index contributed by atoms with van der Waals surface area (Å²) in [6, 6.07) is 8.97. The van der Waals surface area contributed by atoms with Gasteiger partial charge >= 0.3 is 5.97 Å². The van der Waals surface area contributed by atoms with Crippen molar-refractivity contribution in [3.63, 3.8) is 0 Å². The monoisotopic (exact) mass is 219 g/mol. The van der Waals surface area contributed by atoms with Crippen molar-refractivity contribution in [3.8, 4) is 6.07 Å². The van der Waals surface area contributed by atoms with Crippen molar-refractivity contribution < 1.29 is 9.90 Å². The number of hydrogen-bond acceptors (Lipinski definition) is 3. The van der Waals surface area contributed by atoms with Crippen LogP contribution in [0.1, 0.15) is 5.56 Å². The Morgan fingerprint density at radius 3 is 2.47 bits per heavy atom. The topological polar surface area (TPSA) is 61.1 Å². The minimum Gasteiger partial charge on any atom is -0.477 e. The van der Waals surface area contributed by atoms with Crippen LogP contribution in [-0.4, -0.2) is 17.3 Å². The third-order valence-corrected chi connectivity index (χ3v) is 2.52. The highest BCUT2D eigenvalue weighted by Crippen LogP contribution is 2.16. The zero-order valence-corrected chi connectivity index (χ0v) is 8.91. The maximum Gasteiger partial charge on any atom is 0.346 e. The summed E-state index contributed by atoms with van der Waals surface area (Å²) < 4.78 is 0. The molecule has 0 amide bonds. The average Bonchev–Trinajstić information content (AvgIpc) is 2.26. The van der Waals surface area contributed by atoms with Crippen LogP contribution in [0, 0.1) is 11.3 Å². The fraction of sp³-hybridized carbons (Fsp3) is 0.0909. The molecule has 3 nitrogen and oxygen atoms in total. The first-order valence-electron chi connectivity index (χ1n) is 4.16. The summed E-state index contributed by atoms with van der Waals surface area (Å²) >= 11 is 1.61. The maximum atomic E-state index is 10.6. The maximum absolute atomic E-state index is 10.6. The van der Waals surface area contributed by atoms with E-state index >= 15 is 0 Å². The van der Waals surface area contributed by atoms with E-state index in [9.17, 15) is 4.79 Å². The Kier molecular flexibility index (Phi) is 3.95. The van der Waals surface area contributed by atoms with Crippen LogP contribution >= 0.6 is 11.8 Å². The highest BCUT2D eigenvalue weighted by atomic mass is 32.2. The molecule has 0 bridgehead atoms. The molecule has 0 atom stereocenters. The second-order valence-corrected chi connectivity index (χ2v) is 3.63. The van der Waals surface area contributed by atoms with Crippen molar-refractivity contribution in [2.45, 2.75) is 4.90 Å². The number of aliphatic carboxylic acids is 1. The fourth-order valence-corrected chi connectivity index (χ4v) is 1.42. The molecular formula is C11H9NO2S. The summed E-state index contributed by atoms with van der Waals surface area (Å²) in [7, 11) is 0. The molecule has 0 aliphatic heterocycles. The van der Waals surface area contributed by atoms with Gasteiger partial charge in [0.2, 0.25) is 0 Å². The van der Waals surface area contributed by atoms with Gasteiger partial charge in [0.15, 0.2) is 0 Å². The normalized spacial score (nSPS) is 10.8. The predicted molar refractivity (Wildman–Crippen MR) is 59.4 cm³/mol. The zero-order chi connectivity index (χ0) is 11.3. The van der Waals surface area contributed by atoms with Crippen LogP contribution < -0.4 is 0 Å². The molecule has 0 spiro atoms. The SMILES string of the molecule is CSc1ccc(/C=C(\C#N)C(=O)O)cc1. The average molecular weight is 219 g/mol. The lowest BCUT2D eigenvalue weighted by Gasteiger charge is -1.97. The van der Waals surface area contributed by atoms with Crippen LogP contribution in [0.25, 0.3) is 6.08 Å². The van der Waals surface area contributed by atoms with Gasteiger partial charge in [0, 0.05) is 4.90 Å². The largest absolute Gasteiger partial charge is 0.477 e. The van der Waals surface area contributed by atoms with Crippen molar-refractivity contribution in [2.75, 3.05) is 6.26 Å². The van der Waals surface area contributed by atoms with E-state index in [4.69, 9.17) is 10.4 Å². The number of carboxylic acids is 1. The fourth-order valence-electron chi connectivity index (χ4n) is 1.01. The molecular weight excluding hydrogens is 210 g/mol. The van der Waals surface area contributed by atoms with Crippen molar-refractivity contribution in [2.24, 2.45) is 0 Å². The highest BCUT2D eigenvalue weighted by molar-refractivity contribution is 7.98. The molecule has 0 radical (unpaired) electrons. The molecule has 0 saturated heterocycles. The standard InChI is InChI=1S/C11H9NO2S/c1-15-10-4-2-8(3-5-10)6-9(7-12)11(13)14/h2-6H,1H3,(H,13,14)/b9-6+. The third-order valence-electron chi connectivity index (χ3n) is 1.78. The quantitative estimate of drug-likeness (QED) is 0.481. The number of carbonyl (C=O) groups is 1. The molecule has 1 aromatic carbocycles. The van der Waals surface area contributed by atoms with E-state index < -0.39 is 5.97 Å². The lowest BCUT2D eigenvalue weighted by atomic mass is 10.1. The van der Waals surface area contributed by atoms with Gasteiger partial charge < -0.3 is 5.11 Å². The number of carboxylic acid groups (broad SMARTS) is 1. The van der Waals surface area contributed by atoms with E-state index in [-0.39, 0.29) is 5.57 Å². The Hall–Kier alpha value is -1.73. The Morgan fingerprint density at radius 2 is 2.07 bits per heavy atom. The van der Waals surface area contributed by atoms with Gasteiger partial charge in [-0.15, -0.1) is 11.8 Å². The van der Waals surface area contributed by atoms with Crippen LogP contribution in [0.2, 0.25) is 0 Å². The zero-order valence-electron chi connectivity index (χ0n) is 8.10. The lowest BCUT2D eigenvalue weighted by molar-refractivity contribution is -0.132. The molecule has 1 aromatic rings. The summed E-state index contributed by atoms with van der Waals surface area (Å²) in [6.45, 7) is 0. The summed E-state index contributed by atoms with van der Waals surface area (Å²) in [5, 5.41) is 17.2. The molecule has 4 heteroatoms. The second kappa shape index (κ2) is 5.23. The Bertz CT molecular complexity index is 429. The number of benzene rings is 1. The Morgan fingerprint density at radius 1 is 1.47 bits per heavy atom. The van der Waals surface area contributed by atoms with E-state index in [1.165, 1.54) is 6.08 Å². The number of thioether (sulfide) groups is 1. The molecule has 0 aliphatic rings. The van der Waals surface area contributed by atoms with Gasteiger partial charge in [0.1, 0.15) is 11.6 Å². The van der Waals surface area contributed by atoms with Gasteiger partial charge in [0.25, 0.3) is 0 Å². The van der Waals surface area contributed by atoms with Gasteiger partial charge in [-0.25, -0.2) is 4.79 Å². The second-order valence-electron chi connectivity index (χ2n) is 2.75. The molecule has 0 heterocycles. The summed E-state index contributed by atoms with van der Waals surface area (Å²) in [6.07, 6.45) is 3.31. The van der Waals surface area contributed by atoms with Crippen LogP contribution in [0.3, 0.4) is 0 Å². The van der Waals surface area contributed by atoms with Crippen molar-refractivity contribution in [1.82, 2.24) is 0 Å². The number of rotatable bonds is 3. The first-order chi connectivity index (χ1) is 7.17. The number of nitriles is 1. The van der Waals surface area contributed by atoms with Crippen LogP contribution in [0.15, 0.2) is 34.7 Å². The lowest BCUT2D eigenvalue weighted by Crippen LogP contribution is -1.97. The first kappa shape index (κ1) is 11.3. The highest BCUT2D eigenvalue weighted by Gasteiger charge is 2.04. The van der Waals surface area contributed by atoms with Crippen molar-refractivity contribution >= 4 is 23.8 Å². The van der Waals surface area contributed by atoms with Gasteiger partial charge in [0.05, 0.1) is 0 Å². The van der Waals surface area contributed by atoms with Gasteiger partial charge in [-0.05, 0) is 30.0 Å². The van der Waals surface area contributed by atoms with Gasteiger partial charge in [-0.1, -0.05) is 12.1 Å². The molecule has 0 fully saturated rings. The van der Waals surface area contributed by atoms with E-state index in [1.54, 1.807) is 30.0 Å². The third kappa shape index (κ3) is 3.15.